The molecule has 3 rings (SSSR count). The molecule has 1 fully saturated rings. The van der Waals surface area contributed by atoms with Crippen LogP contribution in [0.3, 0.4) is 0 Å². The van der Waals surface area contributed by atoms with Crippen LogP contribution < -0.4 is 10.1 Å². The molecule has 0 amide bonds. The number of nitrogens with one attached hydrogen (secondary N) is 1. The summed E-state index contributed by atoms with van der Waals surface area (Å²) in [5, 5.41) is 14.5. The predicted molar refractivity (Wildman–Crippen MR) is 105 cm³/mol. The standard InChI is InChI=1S/C20H24ClNO2.ClH/c1-24-19-7-3-4-14(12-19)15-8-9-18(11-15)22-13-20(23)16-5-2-6-17(21)10-16;/h2-7,10,12,15,18,20,22-23H,8-9,11,13H2,1H3;1H/t15?,18?,20-;/m0./s1. The second-order valence-electron chi connectivity index (χ2n) is 6.46. The van der Waals surface area contributed by atoms with E-state index in [0.29, 0.717) is 23.5 Å². The number of ether oxygens (including phenoxy) is 1. The van der Waals surface area contributed by atoms with E-state index >= 15 is 0 Å². The van der Waals surface area contributed by atoms with E-state index in [0.717, 1.165) is 30.6 Å². The van der Waals surface area contributed by atoms with Gasteiger partial charge in [0.25, 0.3) is 0 Å². The number of methoxy groups -OCH3 is 1. The third-order valence-corrected chi connectivity index (χ3v) is 5.07. The van der Waals surface area contributed by atoms with Crippen LogP contribution in [0.2, 0.25) is 5.02 Å². The Morgan fingerprint density at radius 1 is 1.20 bits per heavy atom. The fraction of sp³-hybridized carbons (Fsp3) is 0.400. The van der Waals surface area contributed by atoms with Gasteiger partial charge in [0.1, 0.15) is 5.75 Å². The average Bonchev–Trinajstić information content (AvgIpc) is 3.09. The van der Waals surface area contributed by atoms with Crippen LogP contribution in [0.15, 0.2) is 48.5 Å². The lowest BCUT2D eigenvalue weighted by Gasteiger charge is -2.17. The molecule has 0 radical (unpaired) electrons. The van der Waals surface area contributed by atoms with Gasteiger partial charge in [0.15, 0.2) is 0 Å². The largest absolute Gasteiger partial charge is 0.497 e. The molecule has 2 N–H and O–H groups in total. The summed E-state index contributed by atoms with van der Waals surface area (Å²) in [6.45, 7) is 0.551. The van der Waals surface area contributed by atoms with Gasteiger partial charge in [-0.25, -0.2) is 0 Å². The van der Waals surface area contributed by atoms with Crippen molar-refractivity contribution in [3.63, 3.8) is 0 Å². The van der Waals surface area contributed by atoms with Gasteiger partial charge in [-0.2, -0.15) is 0 Å². The molecular formula is C20H25Cl2NO2. The van der Waals surface area contributed by atoms with Crippen molar-refractivity contribution in [3.8, 4) is 5.75 Å². The van der Waals surface area contributed by atoms with Gasteiger partial charge in [0.05, 0.1) is 13.2 Å². The molecule has 2 aromatic rings. The second kappa shape index (κ2) is 9.44. The Morgan fingerprint density at radius 3 is 2.76 bits per heavy atom. The second-order valence-corrected chi connectivity index (χ2v) is 6.90. The summed E-state index contributed by atoms with van der Waals surface area (Å²) >= 11 is 5.99. The van der Waals surface area contributed by atoms with Gasteiger partial charge in [-0.3, -0.25) is 0 Å². The Balaban J connectivity index is 0.00000225. The zero-order valence-electron chi connectivity index (χ0n) is 14.3. The van der Waals surface area contributed by atoms with Gasteiger partial charge in [0, 0.05) is 17.6 Å². The summed E-state index contributed by atoms with van der Waals surface area (Å²) in [7, 11) is 1.70. The third-order valence-electron chi connectivity index (χ3n) is 4.83. The molecule has 3 nitrogen and oxygen atoms in total. The Morgan fingerprint density at radius 2 is 2.00 bits per heavy atom. The number of halogens is 2. The number of aliphatic hydroxyl groups is 1. The molecule has 25 heavy (non-hydrogen) atoms. The van der Waals surface area contributed by atoms with E-state index in [-0.39, 0.29) is 12.4 Å². The first-order valence-corrected chi connectivity index (χ1v) is 8.84. The molecule has 3 atom stereocenters. The first-order chi connectivity index (χ1) is 11.7. The molecule has 2 unspecified atom stereocenters. The first-order valence-electron chi connectivity index (χ1n) is 8.46. The molecule has 0 saturated heterocycles. The van der Waals surface area contributed by atoms with Gasteiger partial charge in [-0.05, 0) is 60.6 Å². The lowest BCUT2D eigenvalue weighted by atomic mass is 9.97. The zero-order chi connectivity index (χ0) is 16.9. The van der Waals surface area contributed by atoms with Crippen LogP contribution >= 0.6 is 24.0 Å². The highest BCUT2D eigenvalue weighted by atomic mass is 35.5. The Hall–Kier alpha value is -1.26. The van der Waals surface area contributed by atoms with Gasteiger partial charge in [-0.1, -0.05) is 35.9 Å². The van der Waals surface area contributed by atoms with Crippen molar-refractivity contribution >= 4 is 24.0 Å². The molecule has 136 valence electrons. The Kier molecular flexibility index (Phi) is 7.57. The van der Waals surface area contributed by atoms with Crippen molar-refractivity contribution < 1.29 is 9.84 Å². The fourth-order valence-electron chi connectivity index (χ4n) is 3.48. The van der Waals surface area contributed by atoms with Crippen LogP contribution in [0, 0.1) is 0 Å². The SMILES string of the molecule is COc1cccc(C2CCC(NC[C@H](O)c3cccc(Cl)c3)C2)c1.Cl. The van der Waals surface area contributed by atoms with Gasteiger partial charge in [0.2, 0.25) is 0 Å². The molecule has 0 bridgehead atoms. The summed E-state index contributed by atoms with van der Waals surface area (Å²) < 4.78 is 5.32. The highest BCUT2D eigenvalue weighted by Gasteiger charge is 2.26. The van der Waals surface area contributed by atoms with E-state index in [9.17, 15) is 5.11 Å². The number of hydrogen-bond donors (Lipinski definition) is 2. The van der Waals surface area contributed by atoms with Gasteiger partial charge < -0.3 is 15.2 Å². The third kappa shape index (κ3) is 5.35. The van der Waals surface area contributed by atoms with Gasteiger partial charge >= 0.3 is 0 Å². The summed E-state index contributed by atoms with van der Waals surface area (Å²) in [6, 6.07) is 16.2. The Bertz CT molecular complexity index is 680. The molecule has 1 aliphatic carbocycles. The van der Waals surface area contributed by atoms with Crippen LogP contribution in [-0.2, 0) is 0 Å². The molecule has 0 aliphatic heterocycles. The molecule has 1 aliphatic rings. The fourth-order valence-corrected chi connectivity index (χ4v) is 3.67. The van der Waals surface area contributed by atoms with Crippen molar-refractivity contribution in [3.05, 3.63) is 64.7 Å². The molecule has 0 heterocycles. The predicted octanol–water partition coefficient (Wildman–Crippen LogP) is 4.73. The minimum atomic E-state index is -0.528. The lowest BCUT2D eigenvalue weighted by molar-refractivity contribution is 0.170. The normalized spacial score (nSPS) is 20.8. The maximum absolute atomic E-state index is 10.3. The zero-order valence-corrected chi connectivity index (χ0v) is 15.9. The van der Waals surface area contributed by atoms with Crippen molar-refractivity contribution in [2.75, 3.05) is 13.7 Å². The van der Waals surface area contributed by atoms with Crippen molar-refractivity contribution in [2.45, 2.75) is 37.3 Å². The topological polar surface area (TPSA) is 41.5 Å². The molecule has 2 aromatic carbocycles. The van der Waals surface area contributed by atoms with E-state index in [1.165, 1.54) is 5.56 Å². The van der Waals surface area contributed by atoms with Crippen LogP contribution in [0.5, 0.6) is 5.75 Å². The first kappa shape index (κ1) is 20.1. The minimum absolute atomic E-state index is 0. The summed E-state index contributed by atoms with van der Waals surface area (Å²) in [5.74, 6) is 1.47. The van der Waals surface area contributed by atoms with E-state index in [2.05, 4.69) is 23.5 Å². The monoisotopic (exact) mass is 381 g/mol. The number of hydrogen-bond acceptors (Lipinski definition) is 3. The van der Waals surface area contributed by atoms with Crippen LogP contribution in [0.4, 0.5) is 0 Å². The maximum atomic E-state index is 10.3. The van der Waals surface area contributed by atoms with E-state index in [1.807, 2.05) is 30.3 Å². The summed E-state index contributed by atoms with van der Waals surface area (Å²) in [5.41, 5.74) is 2.20. The molecule has 0 spiro atoms. The molecule has 1 saturated carbocycles. The molecular weight excluding hydrogens is 357 g/mol. The van der Waals surface area contributed by atoms with Gasteiger partial charge in [-0.15, -0.1) is 12.4 Å². The minimum Gasteiger partial charge on any atom is -0.497 e. The van der Waals surface area contributed by atoms with E-state index in [1.54, 1.807) is 7.11 Å². The quantitative estimate of drug-likeness (QED) is 0.759. The van der Waals surface area contributed by atoms with Crippen LogP contribution in [-0.4, -0.2) is 24.8 Å². The number of aliphatic hydroxyl groups excluding tert-OH is 1. The molecule has 0 aromatic heterocycles. The number of benzene rings is 2. The van der Waals surface area contributed by atoms with Crippen molar-refractivity contribution in [2.24, 2.45) is 0 Å². The highest BCUT2D eigenvalue weighted by molar-refractivity contribution is 6.30. The average molecular weight is 382 g/mol. The summed E-state index contributed by atoms with van der Waals surface area (Å²) in [6.07, 6.45) is 2.86. The van der Waals surface area contributed by atoms with Crippen molar-refractivity contribution in [1.82, 2.24) is 5.32 Å². The van der Waals surface area contributed by atoms with Crippen LogP contribution in [0.1, 0.15) is 42.4 Å². The Labute approximate surface area is 160 Å². The van der Waals surface area contributed by atoms with Crippen molar-refractivity contribution in [1.29, 1.82) is 0 Å². The molecule has 5 heteroatoms. The van der Waals surface area contributed by atoms with E-state index < -0.39 is 6.10 Å². The highest BCUT2D eigenvalue weighted by Crippen LogP contribution is 2.35. The van der Waals surface area contributed by atoms with E-state index in [4.69, 9.17) is 16.3 Å². The number of rotatable bonds is 6. The summed E-state index contributed by atoms with van der Waals surface area (Å²) in [4.78, 5) is 0. The van der Waals surface area contributed by atoms with Crippen LogP contribution in [0.25, 0.3) is 0 Å². The smallest absolute Gasteiger partial charge is 0.119 e. The maximum Gasteiger partial charge on any atom is 0.119 e. The lowest BCUT2D eigenvalue weighted by Crippen LogP contribution is -2.30.